The molecule has 7 N–H and O–H groups in total. The molecule has 6 atom stereocenters. The number of primary amides is 1. The molecule has 0 radical (unpaired) electrons. The minimum Gasteiger partial charge on any atom is -0.388 e. The third kappa shape index (κ3) is 2.74. The van der Waals surface area contributed by atoms with E-state index in [4.69, 9.17) is 15.2 Å². The van der Waals surface area contributed by atoms with Crippen LogP contribution in [0.5, 0.6) is 0 Å². The highest BCUT2D eigenvalue weighted by atomic mass is 16.6. The summed E-state index contributed by atoms with van der Waals surface area (Å²) in [5, 5.41) is 22.6. The number of aromatic amines is 2. The van der Waals surface area contributed by atoms with Gasteiger partial charge in [-0.05, 0) is 0 Å². The molecule has 2 aliphatic heterocycles. The van der Waals surface area contributed by atoms with Crippen LogP contribution >= 0.6 is 0 Å². The molecule has 1 aromatic heterocycles. The summed E-state index contributed by atoms with van der Waals surface area (Å²) in [6.45, 7) is -0.138. The SMILES string of the molecule is NC(=O)N[C@H]1[C@H]2O[C@@H](c3c[nH]c(=O)[nH]c3=O)C(O)[C@@H]2OC[C@H]1O. The van der Waals surface area contributed by atoms with E-state index in [0.717, 1.165) is 6.20 Å². The number of carbonyl (C=O) groups is 1. The Morgan fingerprint density at radius 1 is 1.35 bits per heavy atom. The van der Waals surface area contributed by atoms with E-state index in [9.17, 15) is 24.6 Å². The molecule has 1 unspecified atom stereocenters. The zero-order valence-electron chi connectivity index (χ0n) is 11.8. The van der Waals surface area contributed by atoms with E-state index in [2.05, 4.69) is 10.3 Å². The molecular formula is C12H16N4O7. The van der Waals surface area contributed by atoms with Gasteiger partial charge in [-0.15, -0.1) is 0 Å². The number of fused-ring (bicyclic) bond motifs is 1. The number of nitrogens with one attached hydrogen (secondary N) is 3. The summed E-state index contributed by atoms with van der Waals surface area (Å²) in [6, 6.07) is -1.76. The topological polar surface area (TPSA) is 180 Å². The van der Waals surface area contributed by atoms with Crippen LogP contribution in [0.4, 0.5) is 4.79 Å². The second-order valence-corrected chi connectivity index (χ2v) is 5.44. The molecule has 2 aliphatic rings. The average molecular weight is 328 g/mol. The smallest absolute Gasteiger partial charge is 0.325 e. The summed E-state index contributed by atoms with van der Waals surface area (Å²) in [6.07, 6.45) is -4.03. The number of nitrogens with two attached hydrogens (primary N) is 1. The Kier molecular flexibility index (Phi) is 3.93. The summed E-state index contributed by atoms with van der Waals surface area (Å²) in [5.41, 5.74) is 3.67. The lowest BCUT2D eigenvalue weighted by Gasteiger charge is -2.36. The quantitative estimate of drug-likeness (QED) is 0.328. The van der Waals surface area contributed by atoms with Crippen molar-refractivity contribution in [3.8, 4) is 0 Å². The third-order valence-electron chi connectivity index (χ3n) is 3.97. The van der Waals surface area contributed by atoms with E-state index in [-0.39, 0.29) is 12.2 Å². The van der Waals surface area contributed by atoms with Crippen LogP contribution in [0.1, 0.15) is 11.7 Å². The lowest BCUT2D eigenvalue weighted by Crippen LogP contribution is -2.61. The van der Waals surface area contributed by atoms with Gasteiger partial charge in [0, 0.05) is 6.20 Å². The number of H-pyrrole nitrogens is 2. The lowest BCUT2D eigenvalue weighted by atomic mass is 9.94. The van der Waals surface area contributed by atoms with Crippen molar-refractivity contribution in [2.75, 3.05) is 6.61 Å². The molecule has 0 aliphatic carbocycles. The maximum absolute atomic E-state index is 11.9. The van der Waals surface area contributed by atoms with Gasteiger partial charge in [-0.25, -0.2) is 9.59 Å². The molecule has 0 spiro atoms. The summed E-state index contributed by atoms with van der Waals surface area (Å²) in [4.78, 5) is 38.3. The molecule has 0 aromatic carbocycles. The van der Waals surface area contributed by atoms with E-state index in [1.165, 1.54) is 0 Å². The Hall–Kier alpha value is -2.21. The van der Waals surface area contributed by atoms with Gasteiger partial charge >= 0.3 is 11.7 Å². The standard InChI is InChI=1S/C12H16N4O7/c13-11(20)15-5-4(17)2-22-9-6(18)7(23-8(5)9)3-1-14-12(21)16-10(3)19/h1,4-9,17-18H,2H2,(H3,13,15,20)(H2,14,16,19,21)/t4-,5-,6?,7+,8-,9+/m1/s1. The van der Waals surface area contributed by atoms with Crippen LogP contribution in [0.3, 0.4) is 0 Å². The Morgan fingerprint density at radius 2 is 2.09 bits per heavy atom. The molecule has 3 heterocycles. The van der Waals surface area contributed by atoms with Crippen molar-refractivity contribution in [1.29, 1.82) is 0 Å². The number of aromatic nitrogens is 2. The monoisotopic (exact) mass is 328 g/mol. The number of amides is 2. The Balaban J connectivity index is 1.91. The van der Waals surface area contributed by atoms with Gasteiger partial charge in [0.25, 0.3) is 5.56 Å². The molecule has 2 amide bonds. The van der Waals surface area contributed by atoms with Gasteiger partial charge in [-0.3, -0.25) is 9.78 Å². The molecule has 3 rings (SSSR count). The van der Waals surface area contributed by atoms with Gasteiger partial charge in [-0.1, -0.05) is 0 Å². The fourth-order valence-corrected chi connectivity index (χ4v) is 2.94. The maximum Gasteiger partial charge on any atom is 0.325 e. The molecule has 11 nitrogen and oxygen atoms in total. The van der Waals surface area contributed by atoms with Gasteiger partial charge in [0.2, 0.25) is 0 Å². The molecule has 2 fully saturated rings. The second-order valence-electron chi connectivity index (χ2n) is 5.44. The third-order valence-corrected chi connectivity index (χ3v) is 3.97. The number of aliphatic hydroxyl groups excluding tert-OH is 2. The first kappa shape index (κ1) is 15.7. The fraction of sp³-hybridized carbons (Fsp3) is 0.583. The van der Waals surface area contributed by atoms with E-state index < -0.39 is 53.8 Å². The summed E-state index contributed by atoms with van der Waals surface area (Å²) in [5.74, 6) is 0. The minimum atomic E-state index is -1.23. The van der Waals surface area contributed by atoms with Crippen LogP contribution in [0.25, 0.3) is 0 Å². The number of carbonyl (C=O) groups excluding carboxylic acids is 1. The van der Waals surface area contributed by atoms with Crippen molar-refractivity contribution in [3.05, 3.63) is 32.6 Å². The Bertz CT molecular complexity index is 716. The normalized spacial score (nSPS) is 36.4. The van der Waals surface area contributed by atoms with Crippen molar-refractivity contribution in [2.45, 2.75) is 36.6 Å². The molecule has 126 valence electrons. The first-order valence-corrected chi connectivity index (χ1v) is 6.89. The molecule has 0 bridgehead atoms. The predicted octanol–water partition coefficient (Wildman–Crippen LogP) is -3.34. The highest BCUT2D eigenvalue weighted by molar-refractivity contribution is 5.72. The molecular weight excluding hydrogens is 312 g/mol. The largest absolute Gasteiger partial charge is 0.388 e. The molecule has 1 aromatic rings. The van der Waals surface area contributed by atoms with Crippen LogP contribution in [0.2, 0.25) is 0 Å². The number of aliphatic hydroxyl groups is 2. The van der Waals surface area contributed by atoms with Crippen LogP contribution < -0.4 is 22.3 Å². The predicted molar refractivity (Wildman–Crippen MR) is 73.6 cm³/mol. The van der Waals surface area contributed by atoms with Gasteiger partial charge in [0.15, 0.2) is 0 Å². The number of rotatable bonds is 2. The van der Waals surface area contributed by atoms with Crippen molar-refractivity contribution in [3.63, 3.8) is 0 Å². The van der Waals surface area contributed by atoms with Crippen LogP contribution in [-0.4, -0.2) is 63.3 Å². The van der Waals surface area contributed by atoms with Crippen LogP contribution in [0, 0.1) is 0 Å². The van der Waals surface area contributed by atoms with Crippen molar-refractivity contribution in [2.24, 2.45) is 5.73 Å². The highest BCUT2D eigenvalue weighted by Crippen LogP contribution is 2.37. The average Bonchev–Trinajstić information content (AvgIpc) is 2.79. The molecule has 23 heavy (non-hydrogen) atoms. The maximum atomic E-state index is 11.9. The van der Waals surface area contributed by atoms with E-state index in [0.29, 0.717) is 0 Å². The number of urea groups is 1. The zero-order chi connectivity index (χ0) is 16.7. The minimum absolute atomic E-state index is 0.00224. The van der Waals surface area contributed by atoms with Gasteiger partial charge in [0.05, 0.1) is 18.2 Å². The van der Waals surface area contributed by atoms with Gasteiger partial charge in [-0.2, -0.15) is 0 Å². The Labute approximate surface area is 128 Å². The van der Waals surface area contributed by atoms with E-state index >= 15 is 0 Å². The number of ether oxygens (including phenoxy) is 2. The van der Waals surface area contributed by atoms with E-state index in [1.54, 1.807) is 0 Å². The second kappa shape index (κ2) is 5.77. The van der Waals surface area contributed by atoms with Crippen LogP contribution in [-0.2, 0) is 9.47 Å². The lowest BCUT2D eigenvalue weighted by molar-refractivity contribution is -0.134. The Morgan fingerprint density at radius 3 is 2.74 bits per heavy atom. The van der Waals surface area contributed by atoms with Crippen molar-refractivity contribution < 1.29 is 24.5 Å². The summed E-state index contributed by atoms with van der Waals surface area (Å²) >= 11 is 0. The van der Waals surface area contributed by atoms with Gasteiger partial charge in [0.1, 0.15) is 30.5 Å². The number of hydrogen-bond acceptors (Lipinski definition) is 7. The van der Waals surface area contributed by atoms with Crippen LogP contribution in [0.15, 0.2) is 15.8 Å². The first-order chi connectivity index (χ1) is 10.9. The highest BCUT2D eigenvalue weighted by Gasteiger charge is 2.53. The zero-order valence-corrected chi connectivity index (χ0v) is 11.8. The van der Waals surface area contributed by atoms with Crippen molar-refractivity contribution >= 4 is 6.03 Å². The summed E-state index contributed by atoms with van der Waals surface area (Å²) < 4.78 is 11.0. The van der Waals surface area contributed by atoms with Crippen molar-refractivity contribution in [1.82, 2.24) is 15.3 Å². The molecule has 0 saturated carbocycles. The summed E-state index contributed by atoms with van der Waals surface area (Å²) in [7, 11) is 0. The van der Waals surface area contributed by atoms with Gasteiger partial charge < -0.3 is 35.7 Å². The first-order valence-electron chi connectivity index (χ1n) is 6.89. The number of hydrogen-bond donors (Lipinski definition) is 6. The van der Waals surface area contributed by atoms with E-state index in [1.807, 2.05) is 4.98 Å². The molecule has 2 saturated heterocycles. The molecule has 11 heteroatoms. The fourth-order valence-electron chi connectivity index (χ4n) is 2.94.